The molecule has 8 heteroatoms. The highest BCUT2D eigenvalue weighted by atomic mass is 35.5. The van der Waals surface area contributed by atoms with Crippen LogP contribution in [0, 0.1) is 13.8 Å². The van der Waals surface area contributed by atoms with Gasteiger partial charge in [0.2, 0.25) is 0 Å². The molecular formula is C26H21ClN2O3S2. The van der Waals surface area contributed by atoms with E-state index >= 15 is 0 Å². The highest BCUT2D eigenvalue weighted by Gasteiger charge is 2.33. The number of hydrogen-bond acceptors (Lipinski definition) is 5. The Morgan fingerprint density at radius 3 is 2.47 bits per heavy atom. The third-order valence-electron chi connectivity index (χ3n) is 4.95. The van der Waals surface area contributed by atoms with Crippen molar-refractivity contribution in [1.29, 1.82) is 0 Å². The van der Waals surface area contributed by atoms with Crippen molar-refractivity contribution in [3.8, 4) is 5.75 Å². The molecule has 0 unspecified atom stereocenters. The van der Waals surface area contributed by atoms with Gasteiger partial charge in [-0.3, -0.25) is 14.5 Å². The molecule has 1 aliphatic heterocycles. The summed E-state index contributed by atoms with van der Waals surface area (Å²) in [4.78, 5) is 27.4. The van der Waals surface area contributed by atoms with E-state index < -0.39 is 0 Å². The van der Waals surface area contributed by atoms with Crippen molar-refractivity contribution in [2.75, 3.05) is 16.8 Å². The minimum absolute atomic E-state index is 0.163. The lowest BCUT2D eigenvalue weighted by atomic mass is 10.1. The molecule has 0 atom stereocenters. The molecule has 2 amide bonds. The number of carbonyl (C=O) groups excluding carboxylic acids is 2. The van der Waals surface area contributed by atoms with Gasteiger partial charge in [-0.1, -0.05) is 59.8 Å². The monoisotopic (exact) mass is 508 g/mol. The number of aryl methyl sites for hydroxylation is 2. The molecule has 34 heavy (non-hydrogen) atoms. The number of thiocarbonyl (C=S) groups is 1. The van der Waals surface area contributed by atoms with Crippen LogP contribution in [0.4, 0.5) is 11.4 Å². The summed E-state index contributed by atoms with van der Waals surface area (Å²) in [7, 11) is 0. The molecule has 1 N–H and O–H groups in total. The summed E-state index contributed by atoms with van der Waals surface area (Å²) in [5, 5.41) is 3.44. The number of amides is 2. The summed E-state index contributed by atoms with van der Waals surface area (Å²) in [5.41, 5.74) is 4.20. The van der Waals surface area contributed by atoms with Gasteiger partial charge in [-0.05, 0) is 73.5 Å². The van der Waals surface area contributed by atoms with Crippen LogP contribution in [-0.4, -0.2) is 22.7 Å². The van der Waals surface area contributed by atoms with E-state index in [4.69, 9.17) is 28.6 Å². The van der Waals surface area contributed by atoms with Crippen molar-refractivity contribution >= 4 is 69.2 Å². The summed E-state index contributed by atoms with van der Waals surface area (Å²) in [6.07, 6.45) is 1.73. The standard InChI is InChI=1S/C26H21ClN2O3S2/c1-16-11-17(2)13-20(12-16)28-24(30)15-32-22-6-4-3-5-18(22)14-23-25(31)29(26(33)34-23)21-9-7-19(27)8-10-21/h3-14H,15H2,1-2H3,(H,28,30)/b23-14-. The lowest BCUT2D eigenvalue weighted by Crippen LogP contribution is -2.27. The van der Waals surface area contributed by atoms with Crippen LogP contribution in [0.15, 0.2) is 71.6 Å². The predicted molar refractivity (Wildman–Crippen MR) is 144 cm³/mol. The third kappa shape index (κ3) is 5.67. The second-order valence-electron chi connectivity index (χ2n) is 7.74. The van der Waals surface area contributed by atoms with Crippen LogP contribution in [-0.2, 0) is 9.59 Å². The smallest absolute Gasteiger partial charge is 0.270 e. The Bertz CT molecular complexity index is 1290. The maximum atomic E-state index is 13.1. The molecule has 0 spiro atoms. The van der Waals surface area contributed by atoms with Crippen LogP contribution in [0.2, 0.25) is 5.02 Å². The number of carbonyl (C=O) groups is 2. The molecule has 0 aromatic heterocycles. The minimum Gasteiger partial charge on any atom is -0.483 e. The van der Waals surface area contributed by atoms with Gasteiger partial charge in [0.15, 0.2) is 10.9 Å². The molecule has 1 heterocycles. The molecule has 1 aliphatic rings. The Hall–Kier alpha value is -3.13. The number of nitrogens with zero attached hydrogens (tertiary/aromatic N) is 1. The lowest BCUT2D eigenvalue weighted by molar-refractivity contribution is -0.118. The molecule has 0 bridgehead atoms. The fraction of sp³-hybridized carbons (Fsp3) is 0.115. The van der Waals surface area contributed by atoms with Crippen LogP contribution in [0.3, 0.4) is 0 Å². The molecule has 1 fully saturated rings. The highest BCUT2D eigenvalue weighted by molar-refractivity contribution is 8.27. The molecule has 1 saturated heterocycles. The molecule has 4 rings (SSSR count). The quantitative estimate of drug-likeness (QED) is 0.309. The van der Waals surface area contributed by atoms with Crippen molar-refractivity contribution in [3.63, 3.8) is 0 Å². The summed E-state index contributed by atoms with van der Waals surface area (Å²) in [6.45, 7) is 3.79. The Morgan fingerprint density at radius 2 is 1.76 bits per heavy atom. The fourth-order valence-corrected chi connectivity index (χ4v) is 4.96. The number of para-hydroxylation sites is 1. The molecular weight excluding hydrogens is 488 g/mol. The van der Waals surface area contributed by atoms with Crippen molar-refractivity contribution in [2.24, 2.45) is 0 Å². The van der Waals surface area contributed by atoms with Crippen molar-refractivity contribution < 1.29 is 14.3 Å². The Kier molecular flexibility index (Phi) is 7.36. The second kappa shape index (κ2) is 10.4. The molecule has 0 saturated carbocycles. The Labute approximate surface area is 212 Å². The largest absolute Gasteiger partial charge is 0.483 e. The average molecular weight is 509 g/mol. The van der Waals surface area contributed by atoms with Crippen LogP contribution >= 0.6 is 35.6 Å². The van der Waals surface area contributed by atoms with E-state index in [1.165, 1.54) is 16.7 Å². The van der Waals surface area contributed by atoms with E-state index in [0.29, 0.717) is 31.2 Å². The molecule has 0 radical (unpaired) electrons. The number of benzene rings is 3. The summed E-state index contributed by atoms with van der Waals surface area (Å²) in [5.74, 6) is 0.00313. The zero-order valence-electron chi connectivity index (χ0n) is 18.5. The molecule has 172 valence electrons. The first-order chi connectivity index (χ1) is 16.3. The van der Waals surface area contributed by atoms with Gasteiger partial charge in [0, 0.05) is 16.3 Å². The van der Waals surface area contributed by atoms with Crippen LogP contribution in [0.1, 0.15) is 16.7 Å². The Balaban J connectivity index is 1.48. The van der Waals surface area contributed by atoms with Crippen LogP contribution < -0.4 is 15.0 Å². The van der Waals surface area contributed by atoms with Gasteiger partial charge in [-0.2, -0.15) is 0 Å². The zero-order valence-corrected chi connectivity index (χ0v) is 20.9. The van der Waals surface area contributed by atoms with E-state index in [9.17, 15) is 9.59 Å². The topological polar surface area (TPSA) is 58.6 Å². The van der Waals surface area contributed by atoms with Gasteiger partial charge in [-0.25, -0.2) is 0 Å². The first kappa shape index (κ1) is 24.0. The van der Waals surface area contributed by atoms with Gasteiger partial charge in [0.25, 0.3) is 11.8 Å². The SMILES string of the molecule is Cc1cc(C)cc(NC(=O)COc2ccccc2/C=C2\SC(=S)N(c3ccc(Cl)cc3)C2=O)c1. The van der Waals surface area contributed by atoms with Gasteiger partial charge in [0.05, 0.1) is 10.6 Å². The number of anilines is 2. The highest BCUT2D eigenvalue weighted by Crippen LogP contribution is 2.37. The fourth-order valence-electron chi connectivity index (χ4n) is 3.54. The number of rotatable bonds is 6. The van der Waals surface area contributed by atoms with E-state index in [1.54, 1.807) is 36.4 Å². The summed E-state index contributed by atoms with van der Waals surface area (Å²) < 4.78 is 6.23. The normalized spacial score (nSPS) is 14.6. The molecule has 0 aliphatic carbocycles. The average Bonchev–Trinajstić information content (AvgIpc) is 3.06. The first-order valence-electron chi connectivity index (χ1n) is 10.4. The maximum Gasteiger partial charge on any atom is 0.270 e. The van der Waals surface area contributed by atoms with E-state index in [0.717, 1.165) is 16.8 Å². The third-order valence-corrected chi connectivity index (χ3v) is 6.50. The van der Waals surface area contributed by atoms with Crippen LogP contribution in [0.5, 0.6) is 5.75 Å². The number of halogens is 1. The predicted octanol–water partition coefficient (Wildman–Crippen LogP) is 6.38. The van der Waals surface area contributed by atoms with Crippen molar-refractivity contribution in [3.05, 3.63) is 93.3 Å². The zero-order chi connectivity index (χ0) is 24.2. The second-order valence-corrected chi connectivity index (χ2v) is 9.86. The van der Waals surface area contributed by atoms with E-state index in [-0.39, 0.29) is 18.4 Å². The van der Waals surface area contributed by atoms with Crippen LogP contribution in [0.25, 0.3) is 6.08 Å². The van der Waals surface area contributed by atoms with Crippen molar-refractivity contribution in [1.82, 2.24) is 0 Å². The van der Waals surface area contributed by atoms with E-state index in [2.05, 4.69) is 5.32 Å². The number of nitrogens with one attached hydrogen (secondary N) is 1. The first-order valence-corrected chi connectivity index (χ1v) is 12.0. The summed E-state index contributed by atoms with van der Waals surface area (Å²) in [6, 6.07) is 20.0. The molecule has 5 nitrogen and oxygen atoms in total. The number of hydrogen-bond donors (Lipinski definition) is 1. The lowest BCUT2D eigenvalue weighted by Gasteiger charge is -2.14. The van der Waals surface area contributed by atoms with Gasteiger partial charge in [-0.15, -0.1) is 0 Å². The molecule has 3 aromatic rings. The van der Waals surface area contributed by atoms with Gasteiger partial charge < -0.3 is 10.1 Å². The maximum absolute atomic E-state index is 13.1. The van der Waals surface area contributed by atoms with E-state index in [1.807, 2.05) is 50.2 Å². The number of ether oxygens (including phenoxy) is 1. The van der Waals surface area contributed by atoms with Gasteiger partial charge in [0.1, 0.15) is 5.75 Å². The summed E-state index contributed by atoms with van der Waals surface area (Å²) >= 11 is 12.6. The minimum atomic E-state index is -0.270. The number of thioether (sulfide) groups is 1. The molecule has 3 aromatic carbocycles. The Morgan fingerprint density at radius 1 is 1.09 bits per heavy atom. The van der Waals surface area contributed by atoms with Gasteiger partial charge >= 0.3 is 0 Å². The van der Waals surface area contributed by atoms with Crippen molar-refractivity contribution in [2.45, 2.75) is 13.8 Å².